The molecule has 4 heteroatoms. The van der Waals surface area contributed by atoms with Crippen LogP contribution in [0.5, 0.6) is 5.75 Å². The molecule has 96 valence electrons. The highest BCUT2D eigenvalue weighted by Gasteiger charge is 2.25. The zero-order chi connectivity index (χ0) is 12.8. The second kappa shape index (κ2) is 6.19. The summed E-state index contributed by atoms with van der Waals surface area (Å²) in [7, 11) is 0. The van der Waals surface area contributed by atoms with E-state index in [2.05, 4.69) is 5.32 Å². The molecule has 18 heavy (non-hydrogen) atoms. The number of nitrogens with one attached hydrogen (secondary N) is 1. The monoisotopic (exact) mass is 247 g/mol. The molecule has 1 aromatic rings. The van der Waals surface area contributed by atoms with Crippen LogP contribution in [0.1, 0.15) is 19.3 Å². The van der Waals surface area contributed by atoms with Crippen LogP contribution in [-0.2, 0) is 9.59 Å². The Hall–Kier alpha value is -1.84. The summed E-state index contributed by atoms with van der Waals surface area (Å²) in [5.41, 5.74) is 0. The van der Waals surface area contributed by atoms with Gasteiger partial charge < -0.3 is 10.1 Å². The number of ketones is 1. The zero-order valence-electron chi connectivity index (χ0n) is 10.2. The largest absolute Gasteiger partial charge is 0.494 e. The molecule has 2 rings (SSSR count). The minimum atomic E-state index is -0.156. The number of Topliss-reactive ketones (excluding diaryl/α,β-unsaturated/α-hetero) is 1. The average molecular weight is 247 g/mol. The summed E-state index contributed by atoms with van der Waals surface area (Å²) in [6, 6.07) is 9.61. The van der Waals surface area contributed by atoms with E-state index in [1.807, 2.05) is 30.3 Å². The van der Waals surface area contributed by atoms with Crippen molar-refractivity contribution in [2.45, 2.75) is 19.3 Å². The first-order valence-corrected chi connectivity index (χ1v) is 6.23. The van der Waals surface area contributed by atoms with Crippen molar-refractivity contribution in [3.05, 3.63) is 30.3 Å². The van der Waals surface area contributed by atoms with Crippen molar-refractivity contribution in [2.75, 3.05) is 13.2 Å². The molecular formula is C14H17NO3. The van der Waals surface area contributed by atoms with Gasteiger partial charge in [0.05, 0.1) is 13.0 Å². The summed E-state index contributed by atoms with van der Waals surface area (Å²) in [5.74, 6) is 0.707. The Morgan fingerprint density at radius 3 is 2.72 bits per heavy atom. The van der Waals surface area contributed by atoms with Crippen molar-refractivity contribution in [1.29, 1.82) is 0 Å². The van der Waals surface area contributed by atoms with E-state index in [9.17, 15) is 9.59 Å². The second-order valence-electron chi connectivity index (χ2n) is 4.45. The van der Waals surface area contributed by atoms with Crippen molar-refractivity contribution < 1.29 is 14.3 Å². The summed E-state index contributed by atoms with van der Waals surface area (Å²) >= 11 is 0. The van der Waals surface area contributed by atoms with Gasteiger partial charge in [0.2, 0.25) is 5.91 Å². The zero-order valence-corrected chi connectivity index (χ0v) is 10.2. The lowest BCUT2D eigenvalue weighted by atomic mass is 9.93. The Morgan fingerprint density at radius 2 is 2.00 bits per heavy atom. The minimum Gasteiger partial charge on any atom is -0.494 e. The van der Waals surface area contributed by atoms with E-state index in [0.717, 1.165) is 18.6 Å². The van der Waals surface area contributed by atoms with Gasteiger partial charge >= 0.3 is 0 Å². The van der Waals surface area contributed by atoms with E-state index >= 15 is 0 Å². The molecule has 1 aliphatic heterocycles. The Bertz CT molecular complexity index is 416. The number of ether oxygens (including phenoxy) is 1. The van der Waals surface area contributed by atoms with Gasteiger partial charge in [-0.1, -0.05) is 18.2 Å². The topological polar surface area (TPSA) is 55.4 Å². The van der Waals surface area contributed by atoms with Crippen molar-refractivity contribution in [3.63, 3.8) is 0 Å². The van der Waals surface area contributed by atoms with E-state index in [4.69, 9.17) is 4.74 Å². The minimum absolute atomic E-state index is 0.0320. The lowest BCUT2D eigenvalue weighted by Gasteiger charge is -2.21. The molecule has 1 N–H and O–H groups in total. The third kappa shape index (κ3) is 3.58. The van der Waals surface area contributed by atoms with Crippen molar-refractivity contribution in [1.82, 2.24) is 5.32 Å². The van der Waals surface area contributed by atoms with Gasteiger partial charge in [-0.25, -0.2) is 0 Å². The van der Waals surface area contributed by atoms with Gasteiger partial charge in [0.15, 0.2) is 0 Å². The Morgan fingerprint density at radius 1 is 1.22 bits per heavy atom. The Kier molecular flexibility index (Phi) is 4.34. The molecule has 0 aromatic heterocycles. The third-order valence-corrected chi connectivity index (χ3v) is 3.04. The molecule has 1 fully saturated rings. The van der Waals surface area contributed by atoms with Crippen LogP contribution in [0, 0.1) is 5.92 Å². The van der Waals surface area contributed by atoms with E-state index in [1.54, 1.807) is 0 Å². The van der Waals surface area contributed by atoms with Crippen LogP contribution >= 0.6 is 0 Å². The number of para-hydroxylation sites is 1. The molecule has 1 saturated heterocycles. The number of amides is 1. The maximum atomic E-state index is 11.6. The fraction of sp³-hybridized carbons (Fsp3) is 0.429. The third-order valence-electron chi connectivity index (χ3n) is 3.04. The predicted octanol–water partition coefficient (Wildman–Crippen LogP) is 1.55. The van der Waals surface area contributed by atoms with Crippen LogP contribution in [0.15, 0.2) is 30.3 Å². The normalized spacial score (nSPS) is 19.4. The smallest absolute Gasteiger partial charge is 0.227 e. The van der Waals surface area contributed by atoms with Crippen molar-refractivity contribution >= 4 is 11.7 Å². The molecule has 1 unspecified atom stereocenters. The lowest BCUT2D eigenvalue weighted by Crippen LogP contribution is -2.41. The number of benzene rings is 1. The average Bonchev–Trinajstić information content (AvgIpc) is 2.38. The van der Waals surface area contributed by atoms with E-state index in [0.29, 0.717) is 13.2 Å². The number of carbonyl (C=O) groups excluding carboxylic acids is 2. The molecule has 0 spiro atoms. The molecule has 0 aliphatic carbocycles. The molecule has 1 aromatic carbocycles. The fourth-order valence-electron chi connectivity index (χ4n) is 2.02. The quantitative estimate of drug-likeness (QED) is 0.634. The summed E-state index contributed by atoms with van der Waals surface area (Å²) in [6.07, 6.45) is 1.62. The van der Waals surface area contributed by atoms with Crippen LogP contribution < -0.4 is 10.1 Å². The van der Waals surface area contributed by atoms with Gasteiger partial charge in [-0.05, 0) is 25.0 Å². The first-order valence-electron chi connectivity index (χ1n) is 6.23. The maximum absolute atomic E-state index is 11.6. The lowest BCUT2D eigenvalue weighted by molar-refractivity contribution is -0.133. The highest BCUT2D eigenvalue weighted by Crippen LogP contribution is 2.14. The van der Waals surface area contributed by atoms with Gasteiger partial charge in [0, 0.05) is 12.5 Å². The molecular weight excluding hydrogens is 230 g/mol. The first kappa shape index (κ1) is 12.6. The van der Waals surface area contributed by atoms with E-state index < -0.39 is 0 Å². The molecule has 1 atom stereocenters. The maximum Gasteiger partial charge on any atom is 0.227 e. The molecule has 1 aliphatic rings. The molecule has 1 amide bonds. The molecule has 0 bridgehead atoms. The Balaban J connectivity index is 1.67. The van der Waals surface area contributed by atoms with Crippen LogP contribution in [-0.4, -0.2) is 24.8 Å². The van der Waals surface area contributed by atoms with Gasteiger partial charge in [-0.15, -0.1) is 0 Å². The molecule has 0 radical (unpaired) electrons. The van der Waals surface area contributed by atoms with Crippen LogP contribution in [0.4, 0.5) is 0 Å². The van der Waals surface area contributed by atoms with Gasteiger partial charge in [0.1, 0.15) is 11.5 Å². The Labute approximate surface area is 106 Å². The fourth-order valence-corrected chi connectivity index (χ4v) is 2.02. The van der Waals surface area contributed by atoms with Crippen molar-refractivity contribution in [2.24, 2.45) is 5.92 Å². The van der Waals surface area contributed by atoms with Crippen LogP contribution in [0.3, 0.4) is 0 Å². The summed E-state index contributed by atoms with van der Waals surface area (Å²) in [6.45, 7) is 1.07. The van der Waals surface area contributed by atoms with Gasteiger partial charge in [-0.2, -0.15) is 0 Å². The van der Waals surface area contributed by atoms with E-state index in [-0.39, 0.29) is 24.0 Å². The summed E-state index contributed by atoms with van der Waals surface area (Å²) < 4.78 is 5.55. The number of piperidine rings is 1. The van der Waals surface area contributed by atoms with Crippen LogP contribution in [0.25, 0.3) is 0 Å². The number of rotatable bonds is 5. The van der Waals surface area contributed by atoms with E-state index in [1.165, 1.54) is 0 Å². The number of carbonyl (C=O) groups is 2. The van der Waals surface area contributed by atoms with Gasteiger partial charge in [0.25, 0.3) is 0 Å². The highest BCUT2D eigenvalue weighted by atomic mass is 16.5. The summed E-state index contributed by atoms with van der Waals surface area (Å²) in [4.78, 5) is 22.5. The first-order chi connectivity index (χ1) is 8.75. The van der Waals surface area contributed by atoms with Gasteiger partial charge in [-0.3, -0.25) is 9.59 Å². The standard InChI is InChI=1S/C14H17NO3/c16-13-9-14(17)15-10-11(13)5-4-8-18-12-6-2-1-3-7-12/h1-3,6-7,11H,4-5,8-10H2,(H,15,17). The van der Waals surface area contributed by atoms with Crippen LogP contribution in [0.2, 0.25) is 0 Å². The highest BCUT2D eigenvalue weighted by molar-refractivity contribution is 6.01. The number of hydrogen-bond acceptors (Lipinski definition) is 3. The SMILES string of the molecule is O=C1CC(=O)C(CCCOc2ccccc2)CN1. The number of hydrogen-bond donors (Lipinski definition) is 1. The second-order valence-corrected chi connectivity index (χ2v) is 4.45. The molecule has 4 nitrogen and oxygen atoms in total. The molecule has 0 saturated carbocycles. The molecule has 1 heterocycles. The predicted molar refractivity (Wildman–Crippen MR) is 67.3 cm³/mol. The van der Waals surface area contributed by atoms with Crippen molar-refractivity contribution in [3.8, 4) is 5.75 Å². The summed E-state index contributed by atoms with van der Waals surface area (Å²) in [5, 5.41) is 2.72.